The van der Waals surface area contributed by atoms with Crippen LogP contribution in [0.2, 0.25) is 0 Å². The van der Waals surface area contributed by atoms with Crippen molar-refractivity contribution in [3.05, 3.63) is 48.7 Å². The highest BCUT2D eigenvalue weighted by Gasteiger charge is 2.26. The zero-order valence-electron chi connectivity index (χ0n) is 17.2. The third kappa shape index (κ3) is 5.24. The standard InChI is InChI=1S/C21H24N4O3S2/c1-13(26)24-16-9-10-17(19(11-16)30(27,28)25-21(2,3)4)18-12-23-20(29-18)14-5-7-15(22)8-6-14/h5-12,25H,22H2,1-4H3,(H,24,26). The largest absolute Gasteiger partial charge is 0.399 e. The van der Waals surface area contributed by atoms with Crippen LogP contribution in [0, 0.1) is 0 Å². The summed E-state index contributed by atoms with van der Waals surface area (Å²) in [4.78, 5) is 16.7. The van der Waals surface area contributed by atoms with Crippen molar-refractivity contribution in [2.45, 2.75) is 38.1 Å². The number of nitrogens with one attached hydrogen (secondary N) is 2. The minimum Gasteiger partial charge on any atom is -0.399 e. The highest BCUT2D eigenvalue weighted by molar-refractivity contribution is 7.89. The van der Waals surface area contributed by atoms with E-state index in [9.17, 15) is 13.2 Å². The van der Waals surface area contributed by atoms with Crippen molar-refractivity contribution in [1.82, 2.24) is 9.71 Å². The molecule has 9 heteroatoms. The molecule has 0 saturated carbocycles. The van der Waals surface area contributed by atoms with Gasteiger partial charge >= 0.3 is 0 Å². The summed E-state index contributed by atoms with van der Waals surface area (Å²) < 4.78 is 29.0. The quantitative estimate of drug-likeness (QED) is 0.513. The van der Waals surface area contributed by atoms with Gasteiger partial charge in [-0.2, -0.15) is 0 Å². The Bertz CT molecular complexity index is 1180. The normalized spacial score (nSPS) is 12.0. The van der Waals surface area contributed by atoms with E-state index in [1.165, 1.54) is 24.3 Å². The fourth-order valence-electron chi connectivity index (χ4n) is 2.85. The molecule has 0 aliphatic carbocycles. The first-order valence-electron chi connectivity index (χ1n) is 9.22. The lowest BCUT2D eigenvalue weighted by Gasteiger charge is -2.22. The molecule has 0 unspecified atom stereocenters. The number of benzene rings is 2. The second kappa shape index (κ2) is 8.17. The summed E-state index contributed by atoms with van der Waals surface area (Å²) in [7, 11) is -3.86. The molecular weight excluding hydrogens is 420 g/mol. The number of carbonyl (C=O) groups excluding carboxylic acids is 1. The van der Waals surface area contributed by atoms with Gasteiger partial charge in [0.1, 0.15) is 5.01 Å². The third-order valence-corrected chi connectivity index (χ3v) is 6.84. The highest BCUT2D eigenvalue weighted by Crippen LogP contribution is 2.37. The maximum absolute atomic E-state index is 13.1. The Morgan fingerprint density at radius 1 is 1.10 bits per heavy atom. The molecule has 0 atom stereocenters. The van der Waals surface area contributed by atoms with E-state index in [0.29, 0.717) is 21.8 Å². The van der Waals surface area contributed by atoms with Crippen LogP contribution in [0.3, 0.4) is 0 Å². The van der Waals surface area contributed by atoms with Crippen LogP contribution < -0.4 is 15.8 Å². The summed E-state index contributed by atoms with van der Waals surface area (Å²) >= 11 is 1.38. The molecule has 0 spiro atoms. The molecule has 0 radical (unpaired) electrons. The van der Waals surface area contributed by atoms with Crippen LogP contribution in [0.1, 0.15) is 27.7 Å². The maximum atomic E-state index is 13.1. The van der Waals surface area contributed by atoms with Crippen molar-refractivity contribution < 1.29 is 13.2 Å². The summed E-state index contributed by atoms with van der Waals surface area (Å²) in [6.45, 7) is 6.69. The van der Waals surface area contributed by atoms with E-state index in [4.69, 9.17) is 5.73 Å². The minimum atomic E-state index is -3.86. The van der Waals surface area contributed by atoms with Crippen molar-refractivity contribution in [2.24, 2.45) is 0 Å². The predicted molar refractivity (Wildman–Crippen MR) is 122 cm³/mol. The molecule has 7 nitrogen and oxygen atoms in total. The van der Waals surface area contributed by atoms with Crippen molar-refractivity contribution >= 4 is 38.6 Å². The lowest BCUT2D eigenvalue weighted by molar-refractivity contribution is -0.114. The minimum absolute atomic E-state index is 0.0798. The zero-order chi connectivity index (χ0) is 22.1. The number of aromatic nitrogens is 1. The number of hydrogen-bond acceptors (Lipinski definition) is 6. The Hall–Kier alpha value is -2.75. The van der Waals surface area contributed by atoms with E-state index in [1.807, 2.05) is 12.1 Å². The van der Waals surface area contributed by atoms with Crippen LogP contribution in [-0.2, 0) is 14.8 Å². The Morgan fingerprint density at radius 2 is 1.77 bits per heavy atom. The van der Waals surface area contributed by atoms with Gasteiger partial charge in [0.2, 0.25) is 15.9 Å². The summed E-state index contributed by atoms with van der Waals surface area (Å²) in [5.41, 5.74) is 7.56. The van der Waals surface area contributed by atoms with E-state index >= 15 is 0 Å². The van der Waals surface area contributed by atoms with Crippen LogP contribution in [0.4, 0.5) is 11.4 Å². The van der Waals surface area contributed by atoms with Crippen LogP contribution in [0.15, 0.2) is 53.6 Å². The summed E-state index contributed by atoms with van der Waals surface area (Å²) in [6.07, 6.45) is 1.65. The van der Waals surface area contributed by atoms with E-state index in [0.717, 1.165) is 10.6 Å². The van der Waals surface area contributed by atoms with Gasteiger partial charge in [-0.25, -0.2) is 18.1 Å². The van der Waals surface area contributed by atoms with Crippen LogP contribution in [-0.4, -0.2) is 24.8 Å². The van der Waals surface area contributed by atoms with Gasteiger partial charge in [0, 0.05) is 41.2 Å². The molecule has 3 aromatic rings. The molecule has 1 amide bonds. The van der Waals surface area contributed by atoms with Crippen molar-refractivity contribution in [1.29, 1.82) is 0 Å². The average molecular weight is 445 g/mol. The first-order valence-corrected chi connectivity index (χ1v) is 11.5. The Balaban J connectivity index is 2.10. The lowest BCUT2D eigenvalue weighted by Crippen LogP contribution is -2.40. The summed E-state index contributed by atoms with van der Waals surface area (Å²) in [5.74, 6) is -0.279. The van der Waals surface area contributed by atoms with Gasteiger partial charge in [0.05, 0.1) is 9.77 Å². The average Bonchev–Trinajstić information content (AvgIpc) is 3.09. The van der Waals surface area contributed by atoms with E-state index in [1.54, 1.807) is 51.2 Å². The number of nitrogens with zero attached hydrogens (tertiary/aromatic N) is 1. The van der Waals surface area contributed by atoms with Gasteiger partial charge in [0.15, 0.2) is 0 Å². The fraction of sp³-hybridized carbons (Fsp3) is 0.238. The van der Waals surface area contributed by atoms with Gasteiger partial charge in [-0.1, -0.05) is 6.07 Å². The number of rotatable bonds is 5. The molecule has 4 N–H and O–H groups in total. The van der Waals surface area contributed by atoms with E-state index < -0.39 is 15.6 Å². The molecule has 0 bridgehead atoms. The summed E-state index contributed by atoms with van der Waals surface area (Å²) in [5, 5.41) is 3.39. The molecule has 0 saturated heterocycles. The number of amides is 1. The monoisotopic (exact) mass is 444 g/mol. The lowest BCUT2D eigenvalue weighted by atomic mass is 10.1. The van der Waals surface area contributed by atoms with Gasteiger partial charge in [-0.05, 0) is 57.2 Å². The number of sulfonamides is 1. The van der Waals surface area contributed by atoms with Crippen LogP contribution >= 0.6 is 11.3 Å². The number of nitrogen functional groups attached to an aromatic ring is 1. The number of thiazole rings is 1. The molecule has 3 rings (SSSR count). The smallest absolute Gasteiger partial charge is 0.241 e. The van der Waals surface area contributed by atoms with E-state index in [-0.39, 0.29) is 10.8 Å². The highest BCUT2D eigenvalue weighted by atomic mass is 32.2. The molecule has 158 valence electrons. The van der Waals surface area contributed by atoms with Crippen molar-refractivity contribution in [3.63, 3.8) is 0 Å². The molecule has 1 aromatic heterocycles. The zero-order valence-corrected chi connectivity index (χ0v) is 18.8. The molecule has 0 fully saturated rings. The van der Waals surface area contributed by atoms with Crippen molar-refractivity contribution in [3.8, 4) is 21.0 Å². The molecule has 2 aromatic carbocycles. The van der Waals surface area contributed by atoms with Crippen LogP contribution in [0.5, 0.6) is 0 Å². The Labute approximate surface area is 180 Å². The molecule has 1 heterocycles. The summed E-state index contributed by atoms with van der Waals surface area (Å²) in [6, 6.07) is 12.2. The number of anilines is 2. The van der Waals surface area contributed by atoms with Gasteiger partial charge in [-0.3, -0.25) is 4.79 Å². The van der Waals surface area contributed by atoms with E-state index in [2.05, 4.69) is 15.0 Å². The molecule has 0 aliphatic heterocycles. The molecule has 0 aliphatic rings. The molecule has 30 heavy (non-hydrogen) atoms. The topological polar surface area (TPSA) is 114 Å². The van der Waals surface area contributed by atoms with Crippen molar-refractivity contribution in [2.75, 3.05) is 11.1 Å². The maximum Gasteiger partial charge on any atom is 0.241 e. The second-order valence-electron chi connectivity index (χ2n) is 7.90. The fourth-order valence-corrected chi connectivity index (χ4v) is 5.54. The first kappa shape index (κ1) is 21.9. The number of hydrogen-bond donors (Lipinski definition) is 3. The SMILES string of the molecule is CC(=O)Nc1ccc(-c2cnc(-c3ccc(N)cc3)s2)c(S(=O)(=O)NC(C)(C)C)c1. The van der Waals surface area contributed by atoms with Gasteiger partial charge < -0.3 is 11.1 Å². The van der Waals surface area contributed by atoms with Crippen LogP contribution in [0.25, 0.3) is 21.0 Å². The Morgan fingerprint density at radius 3 is 2.37 bits per heavy atom. The third-order valence-electron chi connectivity index (χ3n) is 3.96. The second-order valence-corrected chi connectivity index (χ2v) is 10.6. The number of carbonyl (C=O) groups is 1. The predicted octanol–water partition coefficient (Wildman–Crippen LogP) is 4.09. The number of nitrogens with two attached hydrogens (primary N) is 1. The first-order chi connectivity index (χ1) is 13.9. The van der Waals surface area contributed by atoms with Gasteiger partial charge in [-0.15, -0.1) is 11.3 Å². The van der Waals surface area contributed by atoms with Gasteiger partial charge in [0.25, 0.3) is 0 Å². The molecular formula is C21H24N4O3S2. The Kier molecular flexibility index (Phi) is 5.98.